The highest BCUT2D eigenvalue weighted by Crippen LogP contribution is 2.13. The highest BCUT2D eigenvalue weighted by Gasteiger charge is 2.24. The van der Waals surface area contributed by atoms with Crippen molar-refractivity contribution in [2.24, 2.45) is 0 Å². The van der Waals surface area contributed by atoms with Crippen LogP contribution in [0.2, 0.25) is 0 Å². The topological polar surface area (TPSA) is 167 Å². The van der Waals surface area contributed by atoms with E-state index in [4.69, 9.17) is 10.8 Å². The van der Waals surface area contributed by atoms with Crippen molar-refractivity contribution in [2.75, 3.05) is 5.73 Å². The Bertz CT molecular complexity index is 677. The van der Waals surface area contributed by atoms with Crippen molar-refractivity contribution in [1.29, 1.82) is 0 Å². The number of H-pyrrole nitrogens is 1. The quantitative estimate of drug-likeness (QED) is 0.406. The van der Waals surface area contributed by atoms with Gasteiger partial charge in [0.2, 0.25) is 0 Å². The molecule has 2 rings (SSSR count). The van der Waals surface area contributed by atoms with Gasteiger partial charge < -0.3 is 25.6 Å². The first kappa shape index (κ1) is 13.0. The minimum absolute atomic E-state index is 0.0158. The molecular formula is C9H11N5O5. The Labute approximate surface area is 105 Å². The number of carboxylic acids is 1. The number of carbonyl (C=O) groups is 1. The molecule has 0 fully saturated rings. The molecule has 0 bridgehead atoms. The second-order valence-corrected chi connectivity index (χ2v) is 3.88. The average Bonchev–Trinajstić information content (AvgIpc) is 2.71. The summed E-state index contributed by atoms with van der Waals surface area (Å²) in [6.07, 6.45) is -2.28. The van der Waals surface area contributed by atoms with E-state index in [1.54, 1.807) is 0 Å². The summed E-state index contributed by atoms with van der Waals surface area (Å²) in [4.78, 5) is 31.5. The molecule has 0 aliphatic heterocycles. The van der Waals surface area contributed by atoms with Gasteiger partial charge in [-0.25, -0.2) is 14.6 Å². The van der Waals surface area contributed by atoms with Crippen molar-refractivity contribution in [3.8, 4) is 0 Å². The molecule has 2 aromatic heterocycles. The summed E-state index contributed by atoms with van der Waals surface area (Å²) < 4.78 is 1.23. The molecule has 0 amide bonds. The number of fused-ring (bicyclic) bond motifs is 1. The molecule has 0 saturated heterocycles. The molecule has 102 valence electrons. The van der Waals surface area contributed by atoms with E-state index in [0.717, 1.165) is 0 Å². The number of hydrogen-bond donors (Lipinski definition) is 5. The molecule has 2 heterocycles. The first-order valence-corrected chi connectivity index (χ1v) is 5.19. The van der Waals surface area contributed by atoms with Crippen LogP contribution in [0.15, 0.2) is 11.1 Å². The van der Waals surface area contributed by atoms with Gasteiger partial charge in [0.15, 0.2) is 11.8 Å². The first-order chi connectivity index (χ1) is 8.90. The van der Waals surface area contributed by atoms with E-state index in [9.17, 15) is 19.8 Å². The van der Waals surface area contributed by atoms with E-state index in [-0.39, 0.29) is 23.5 Å². The zero-order valence-corrected chi connectivity index (χ0v) is 9.52. The van der Waals surface area contributed by atoms with Gasteiger partial charge in [0.05, 0.1) is 12.9 Å². The molecule has 0 saturated carbocycles. The van der Waals surface area contributed by atoms with Gasteiger partial charge in [-0.3, -0.25) is 4.98 Å². The van der Waals surface area contributed by atoms with Crippen molar-refractivity contribution >= 4 is 23.0 Å². The number of aromatic amines is 1. The smallest absolute Gasteiger partial charge is 0.348 e. The first-order valence-electron chi connectivity index (χ1n) is 5.19. The number of aromatic nitrogens is 4. The summed E-state index contributed by atoms with van der Waals surface area (Å²) in [5.74, 6) is -1.54. The maximum atomic E-state index is 11.2. The predicted molar refractivity (Wildman–Crippen MR) is 62.2 cm³/mol. The molecule has 0 aliphatic rings. The largest absolute Gasteiger partial charge is 0.479 e. The van der Waals surface area contributed by atoms with Crippen LogP contribution in [0.3, 0.4) is 0 Å². The second kappa shape index (κ2) is 4.66. The third kappa shape index (κ3) is 2.39. The lowest BCUT2D eigenvalue weighted by atomic mass is 10.2. The van der Waals surface area contributed by atoms with Crippen LogP contribution in [0.5, 0.6) is 0 Å². The Balaban J connectivity index is 2.36. The molecule has 6 N–H and O–H groups in total. The number of aliphatic hydroxyl groups is 2. The summed E-state index contributed by atoms with van der Waals surface area (Å²) in [5, 5.41) is 27.3. The molecule has 2 aromatic rings. The lowest BCUT2D eigenvalue weighted by Gasteiger charge is -2.14. The van der Waals surface area contributed by atoms with Crippen LogP contribution < -0.4 is 11.4 Å². The second-order valence-electron chi connectivity index (χ2n) is 3.88. The van der Waals surface area contributed by atoms with Gasteiger partial charge in [0.25, 0.3) is 0 Å². The number of nitrogens with zero attached hydrogens (tertiary/aromatic N) is 3. The number of rotatable bonds is 4. The number of nitrogens with one attached hydrogen (secondary N) is 1. The minimum Gasteiger partial charge on any atom is -0.479 e. The monoisotopic (exact) mass is 269 g/mol. The molecule has 2 atom stereocenters. The SMILES string of the molecule is Nc1[nH]c(=O)nc2c1ncn2C[C@@H](O)[C@@H](O)C(=O)O. The van der Waals surface area contributed by atoms with Crippen LogP contribution in [0, 0.1) is 0 Å². The van der Waals surface area contributed by atoms with Crippen LogP contribution in [-0.2, 0) is 11.3 Å². The normalized spacial score (nSPS) is 14.4. The Hall–Kier alpha value is -2.46. The van der Waals surface area contributed by atoms with Gasteiger partial charge >= 0.3 is 11.7 Å². The van der Waals surface area contributed by atoms with E-state index >= 15 is 0 Å². The predicted octanol–water partition coefficient (Wildman–Crippen LogP) is -2.49. The number of carboxylic acid groups (broad SMARTS) is 1. The Morgan fingerprint density at radius 3 is 2.84 bits per heavy atom. The minimum atomic E-state index is -1.95. The van der Waals surface area contributed by atoms with Gasteiger partial charge in [-0.05, 0) is 0 Å². The van der Waals surface area contributed by atoms with Crippen molar-refractivity contribution in [3.63, 3.8) is 0 Å². The molecule has 0 aromatic carbocycles. The van der Waals surface area contributed by atoms with Crippen LogP contribution in [-0.4, -0.2) is 53.0 Å². The lowest BCUT2D eigenvalue weighted by molar-refractivity contribution is -0.153. The third-order valence-corrected chi connectivity index (χ3v) is 2.52. The average molecular weight is 269 g/mol. The molecular weight excluding hydrogens is 258 g/mol. The number of nitrogen functional groups attached to an aromatic ring is 1. The zero-order valence-electron chi connectivity index (χ0n) is 9.52. The fourth-order valence-corrected chi connectivity index (χ4v) is 1.58. The van der Waals surface area contributed by atoms with Crippen LogP contribution >= 0.6 is 0 Å². The maximum absolute atomic E-state index is 11.2. The van der Waals surface area contributed by atoms with Gasteiger partial charge in [0.1, 0.15) is 17.4 Å². The highest BCUT2D eigenvalue weighted by molar-refractivity contribution is 5.81. The van der Waals surface area contributed by atoms with Gasteiger partial charge in [-0.2, -0.15) is 4.98 Å². The molecule has 10 nitrogen and oxygen atoms in total. The van der Waals surface area contributed by atoms with E-state index in [0.29, 0.717) is 0 Å². The number of imidazole rings is 1. The summed E-state index contributed by atoms with van der Waals surface area (Å²) >= 11 is 0. The number of aliphatic hydroxyl groups excluding tert-OH is 2. The molecule has 10 heteroatoms. The number of aliphatic carboxylic acids is 1. The van der Waals surface area contributed by atoms with Crippen LogP contribution in [0.4, 0.5) is 5.82 Å². The Morgan fingerprint density at radius 2 is 2.21 bits per heavy atom. The van der Waals surface area contributed by atoms with E-state index in [1.807, 2.05) is 0 Å². The van der Waals surface area contributed by atoms with Crippen LogP contribution in [0.1, 0.15) is 0 Å². The summed E-state index contributed by atoms with van der Waals surface area (Å²) in [5.41, 5.74) is 5.15. The summed E-state index contributed by atoms with van der Waals surface area (Å²) in [6.45, 7) is -0.292. The van der Waals surface area contributed by atoms with Crippen molar-refractivity contribution in [1.82, 2.24) is 19.5 Å². The standard InChI is InChI=1S/C9H11N5O5/c10-6-4-7(13-9(19)12-6)14(2-11-4)1-3(15)5(16)8(17)18/h2-3,5,15-16H,1H2,(H,17,18)(H3,10,12,13,19)/t3-,5-/m1/s1. The van der Waals surface area contributed by atoms with E-state index in [2.05, 4.69) is 15.0 Å². The highest BCUT2D eigenvalue weighted by atomic mass is 16.4. The number of anilines is 1. The van der Waals surface area contributed by atoms with Crippen molar-refractivity contribution < 1.29 is 20.1 Å². The number of nitrogens with two attached hydrogens (primary N) is 1. The third-order valence-electron chi connectivity index (χ3n) is 2.52. The van der Waals surface area contributed by atoms with Gasteiger partial charge in [-0.15, -0.1) is 0 Å². The number of hydrogen-bond acceptors (Lipinski definition) is 7. The van der Waals surface area contributed by atoms with Gasteiger partial charge in [0, 0.05) is 0 Å². The van der Waals surface area contributed by atoms with E-state index < -0.39 is 23.9 Å². The fraction of sp³-hybridized carbons (Fsp3) is 0.333. The van der Waals surface area contributed by atoms with E-state index in [1.165, 1.54) is 10.9 Å². The molecule has 0 aliphatic carbocycles. The zero-order chi connectivity index (χ0) is 14.2. The van der Waals surface area contributed by atoms with Crippen molar-refractivity contribution in [3.05, 3.63) is 16.8 Å². The molecule has 19 heavy (non-hydrogen) atoms. The fourth-order valence-electron chi connectivity index (χ4n) is 1.58. The van der Waals surface area contributed by atoms with Gasteiger partial charge in [-0.1, -0.05) is 0 Å². The molecule has 0 unspecified atom stereocenters. The molecule has 0 radical (unpaired) electrons. The summed E-state index contributed by atoms with van der Waals surface area (Å²) in [6, 6.07) is 0. The lowest BCUT2D eigenvalue weighted by Crippen LogP contribution is -2.36. The Kier molecular flexibility index (Phi) is 3.19. The molecule has 0 spiro atoms. The summed E-state index contributed by atoms with van der Waals surface area (Å²) in [7, 11) is 0. The maximum Gasteiger partial charge on any atom is 0.348 e. The Morgan fingerprint density at radius 1 is 1.53 bits per heavy atom. The van der Waals surface area contributed by atoms with Crippen molar-refractivity contribution in [2.45, 2.75) is 18.8 Å². The van der Waals surface area contributed by atoms with Crippen LogP contribution in [0.25, 0.3) is 11.2 Å².